The molecule has 0 bridgehead atoms. The van der Waals surface area contributed by atoms with Crippen LogP contribution in [0.4, 0.5) is 5.69 Å². The van der Waals surface area contributed by atoms with Crippen LogP contribution in [0.15, 0.2) is 81.2 Å². The van der Waals surface area contributed by atoms with E-state index in [9.17, 15) is 18.3 Å². The average Bonchev–Trinajstić information content (AvgIpc) is 2.85. The van der Waals surface area contributed by atoms with Crippen molar-refractivity contribution in [3.63, 3.8) is 0 Å². The van der Waals surface area contributed by atoms with Gasteiger partial charge in [-0.1, -0.05) is 34.1 Å². The summed E-state index contributed by atoms with van der Waals surface area (Å²) < 4.78 is 39.3. The molecule has 0 radical (unpaired) electrons. The van der Waals surface area contributed by atoms with Gasteiger partial charge in [-0.15, -0.1) is 0 Å². The van der Waals surface area contributed by atoms with E-state index in [0.29, 0.717) is 22.3 Å². The fourth-order valence-corrected chi connectivity index (χ4v) is 5.22. The van der Waals surface area contributed by atoms with Gasteiger partial charge in [0.15, 0.2) is 11.5 Å². The van der Waals surface area contributed by atoms with Crippen molar-refractivity contribution >= 4 is 43.8 Å². The lowest BCUT2D eigenvalue weighted by Crippen LogP contribution is -2.39. The van der Waals surface area contributed by atoms with Crippen LogP contribution >= 0.6 is 15.9 Å². The Morgan fingerprint density at radius 2 is 1.86 bits per heavy atom. The van der Waals surface area contributed by atoms with Gasteiger partial charge >= 0.3 is 0 Å². The molecule has 35 heavy (non-hydrogen) atoms. The summed E-state index contributed by atoms with van der Waals surface area (Å²) in [5, 5.41) is 13.7. The molecule has 0 aliphatic heterocycles. The van der Waals surface area contributed by atoms with E-state index in [2.05, 4.69) is 26.5 Å². The number of nitrogens with one attached hydrogen (secondary N) is 1. The minimum atomic E-state index is -4.19. The Morgan fingerprint density at radius 1 is 1.11 bits per heavy atom. The van der Waals surface area contributed by atoms with Crippen LogP contribution < -0.4 is 19.2 Å². The number of nitrogens with zero attached hydrogens (tertiary/aromatic N) is 2. The van der Waals surface area contributed by atoms with Gasteiger partial charge in [-0.2, -0.15) is 5.10 Å². The quantitative estimate of drug-likeness (QED) is 0.286. The Hall–Kier alpha value is -3.57. The van der Waals surface area contributed by atoms with E-state index in [1.54, 1.807) is 55.5 Å². The van der Waals surface area contributed by atoms with Crippen molar-refractivity contribution in [2.45, 2.75) is 11.8 Å². The van der Waals surface area contributed by atoms with Crippen molar-refractivity contribution in [3.8, 4) is 17.2 Å². The molecule has 0 aromatic heterocycles. The van der Waals surface area contributed by atoms with Gasteiger partial charge in [0.25, 0.3) is 15.9 Å². The van der Waals surface area contributed by atoms with Crippen LogP contribution in [0.5, 0.6) is 17.2 Å². The lowest BCUT2D eigenvalue weighted by atomic mass is 10.2. The van der Waals surface area contributed by atoms with Crippen molar-refractivity contribution in [1.29, 1.82) is 0 Å². The largest absolute Gasteiger partial charge is 0.504 e. The minimum Gasteiger partial charge on any atom is -0.504 e. The molecule has 3 aromatic carbocycles. The van der Waals surface area contributed by atoms with Gasteiger partial charge in [0.05, 0.1) is 25.6 Å². The summed E-state index contributed by atoms with van der Waals surface area (Å²) in [6.45, 7) is 1.63. The number of aromatic hydroxyl groups is 1. The van der Waals surface area contributed by atoms with Gasteiger partial charge in [0.2, 0.25) is 0 Å². The maximum Gasteiger partial charge on any atom is 0.268 e. The number of hydrazone groups is 1. The zero-order valence-electron chi connectivity index (χ0n) is 19.0. The van der Waals surface area contributed by atoms with Gasteiger partial charge in [-0.05, 0) is 61.0 Å². The number of amides is 1. The molecular weight excluding hydrogens is 538 g/mol. The summed E-state index contributed by atoms with van der Waals surface area (Å²) in [6.07, 6.45) is 1.36. The highest BCUT2D eigenvalue weighted by molar-refractivity contribution is 9.10. The minimum absolute atomic E-state index is 0.0141. The van der Waals surface area contributed by atoms with Crippen LogP contribution in [-0.2, 0) is 14.8 Å². The number of halogens is 1. The molecule has 0 unspecified atom stereocenters. The molecule has 0 heterocycles. The second kappa shape index (κ2) is 11.7. The molecule has 1 amide bonds. The zero-order chi connectivity index (χ0) is 25.4. The third kappa shape index (κ3) is 6.52. The number of para-hydroxylation sites is 1. The molecule has 0 aliphatic carbocycles. The fraction of sp³-hybridized carbons (Fsp3) is 0.167. The van der Waals surface area contributed by atoms with Crippen molar-refractivity contribution in [2.24, 2.45) is 5.10 Å². The van der Waals surface area contributed by atoms with Crippen molar-refractivity contribution in [2.75, 3.05) is 24.6 Å². The third-order valence-corrected chi connectivity index (χ3v) is 7.00. The molecule has 0 fully saturated rings. The number of carbonyl (C=O) groups excluding carboxylic acids is 1. The molecule has 0 spiro atoms. The van der Waals surface area contributed by atoms with Gasteiger partial charge in [0, 0.05) is 4.47 Å². The summed E-state index contributed by atoms with van der Waals surface area (Å²) in [5.41, 5.74) is 3.21. The van der Waals surface area contributed by atoms with Crippen LogP contribution in [0.25, 0.3) is 0 Å². The average molecular weight is 562 g/mol. The second-order valence-corrected chi connectivity index (χ2v) is 9.84. The summed E-state index contributed by atoms with van der Waals surface area (Å²) in [5.74, 6) is -0.247. The first-order valence-corrected chi connectivity index (χ1v) is 12.7. The molecule has 3 rings (SSSR count). The smallest absolute Gasteiger partial charge is 0.268 e. The van der Waals surface area contributed by atoms with Gasteiger partial charge in [0.1, 0.15) is 17.2 Å². The molecule has 9 nitrogen and oxygen atoms in total. The Kier molecular flexibility index (Phi) is 8.72. The van der Waals surface area contributed by atoms with E-state index in [-0.39, 0.29) is 22.1 Å². The molecule has 2 N–H and O–H groups in total. The summed E-state index contributed by atoms with van der Waals surface area (Å²) >= 11 is 3.29. The topological polar surface area (TPSA) is 118 Å². The first-order chi connectivity index (χ1) is 16.8. The molecule has 11 heteroatoms. The number of benzene rings is 3. The molecular formula is C24H24BrN3O6S. The molecule has 184 valence electrons. The monoisotopic (exact) mass is 561 g/mol. The van der Waals surface area contributed by atoms with Crippen LogP contribution in [0.3, 0.4) is 0 Å². The molecule has 0 atom stereocenters. The zero-order valence-corrected chi connectivity index (χ0v) is 21.4. The number of ether oxygens (including phenoxy) is 2. The number of methoxy groups -OCH3 is 1. The highest BCUT2D eigenvalue weighted by atomic mass is 79.9. The maximum atomic E-state index is 13.6. The van der Waals surface area contributed by atoms with Gasteiger partial charge < -0.3 is 14.6 Å². The van der Waals surface area contributed by atoms with E-state index in [4.69, 9.17) is 9.47 Å². The Morgan fingerprint density at radius 3 is 2.54 bits per heavy atom. The van der Waals surface area contributed by atoms with Crippen molar-refractivity contribution in [3.05, 3.63) is 76.8 Å². The van der Waals surface area contributed by atoms with Crippen LogP contribution in [0, 0.1) is 0 Å². The first-order valence-electron chi connectivity index (χ1n) is 10.4. The molecule has 0 saturated carbocycles. The highest BCUT2D eigenvalue weighted by Crippen LogP contribution is 2.32. The second-order valence-electron chi connectivity index (χ2n) is 7.10. The SMILES string of the molecule is CCOc1cc(/C=N\NC(=O)CN(c2ccccc2)S(=O)(=O)c2cc(Br)ccc2OC)ccc1O. The molecule has 0 saturated heterocycles. The van der Waals surface area contributed by atoms with E-state index in [1.165, 1.54) is 31.5 Å². The number of phenolic OH excluding ortho intramolecular Hbond substituents is 1. The number of carbonyl (C=O) groups is 1. The summed E-state index contributed by atoms with van der Waals surface area (Å²) in [4.78, 5) is 12.6. The van der Waals surface area contributed by atoms with E-state index in [1.807, 2.05) is 0 Å². The predicted octanol–water partition coefficient (Wildman–Crippen LogP) is 3.91. The number of phenols is 1. The lowest BCUT2D eigenvalue weighted by Gasteiger charge is -2.24. The first kappa shape index (κ1) is 26.0. The number of hydrogen-bond donors (Lipinski definition) is 2. The van der Waals surface area contributed by atoms with Crippen molar-refractivity contribution in [1.82, 2.24) is 5.43 Å². The number of sulfonamides is 1. The number of anilines is 1. The summed E-state index contributed by atoms with van der Waals surface area (Å²) in [6, 6.07) is 17.5. The van der Waals surface area contributed by atoms with Crippen LogP contribution in [0.2, 0.25) is 0 Å². The van der Waals surface area contributed by atoms with Crippen LogP contribution in [-0.4, -0.2) is 45.9 Å². The van der Waals surface area contributed by atoms with Crippen LogP contribution in [0.1, 0.15) is 12.5 Å². The normalized spacial score (nSPS) is 11.3. The molecule has 3 aromatic rings. The van der Waals surface area contributed by atoms with E-state index in [0.717, 1.165) is 4.31 Å². The third-order valence-electron chi connectivity index (χ3n) is 4.71. The Labute approximate surface area is 212 Å². The standard InChI is InChI=1S/C24H24BrN3O6S/c1-3-34-22-13-17(9-11-20(22)29)15-26-27-24(30)16-28(19-7-5-4-6-8-19)35(31,32)23-14-18(25)10-12-21(23)33-2/h4-15,29H,3,16H2,1-2H3,(H,27,30)/b26-15-. The maximum absolute atomic E-state index is 13.6. The highest BCUT2D eigenvalue weighted by Gasteiger charge is 2.30. The van der Waals surface area contributed by atoms with E-state index >= 15 is 0 Å². The Bertz CT molecular complexity index is 1320. The Balaban J connectivity index is 1.85. The number of rotatable bonds is 10. The fourth-order valence-electron chi connectivity index (χ4n) is 3.11. The van der Waals surface area contributed by atoms with Gasteiger partial charge in [-0.3, -0.25) is 9.10 Å². The van der Waals surface area contributed by atoms with Gasteiger partial charge in [-0.25, -0.2) is 13.8 Å². The predicted molar refractivity (Wildman–Crippen MR) is 137 cm³/mol. The van der Waals surface area contributed by atoms with Crippen molar-refractivity contribution < 1.29 is 27.8 Å². The lowest BCUT2D eigenvalue weighted by molar-refractivity contribution is -0.119. The summed E-state index contributed by atoms with van der Waals surface area (Å²) in [7, 11) is -2.82. The van der Waals surface area contributed by atoms with E-state index < -0.39 is 22.5 Å². The molecule has 0 aliphatic rings. The number of hydrogen-bond acceptors (Lipinski definition) is 7.